The minimum Gasteiger partial charge on any atom is -0.378 e. The molecule has 0 atom stereocenters. The first-order valence-corrected chi connectivity index (χ1v) is 15.8. The number of carbonyl (C=O) groups excluding carboxylic acids is 1. The largest absolute Gasteiger partial charge is 0.378 e. The fourth-order valence-corrected chi connectivity index (χ4v) is 6.29. The van der Waals surface area contributed by atoms with E-state index in [1.54, 1.807) is 11.0 Å². The summed E-state index contributed by atoms with van der Waals surface area (Å²) in [5.74, 6) is 0.923. The van der Waals surface area contributed by atoms with E-state index in [0.717, 1.165) is 42.9 Å². The lowest BCUT2D eigenvalue weighted by atomic mass is 10.1. The molecule has 1 N–H and O–H groups in total. The molecular formula is C27H37N3O4S2. The Hall–Kier alpha value is -2.23. The van der Waals surface area contributed by atoms with Gasteiger partial charge >= 0.3 is 0 Å². The fraction of sp³-hybridized carbons (Fsp3) is 0.519. The molecule has 2 aliphatic rings. The van der Waals surface area contributed by atoms with Crippen LogP contribution in [0.5, 0.6) is 0 Å². The normalized spacial score (nSPS) is 15.7. The minimum atomic E-state index is -3.53. The van der Waals surface area contributed by atoms with Crippen molar-refractivity contribution in [3.05, 3.63) is 47.5 Å². The summed E-state index contributed by atoms with van der Waals surface area (Å²) in [5, 5.41) is 0. The molecule has 9 heteroatoms. The number of carbonyl (C=O) groups is 1. The zero-order chi connectivity index (χ0) is 25.5. The maximum absolute atomic E-state index is 13.8. The average molecular weight is 532 g/mol. The summed E-state index contributed by atoms with van der Waals surface area (Å²) in [5.41, 5.74) is 3.65. The van der Waals surface area contributed by atoms with Gasteiger partial charge in [-0.25, -0.2) is 8.42 Å². The standard InChI is InChI=1S/C27H37N3O4S2/c1-3-4-5-6-7-18-35-23-9-11-26-21(19-23)12-13-30(26)27(31)24-20-22(29-14-16-34-17-15-29)8-10-25(24)28-36(2,32)33/h8-11,19-20,28H,3-7,12-18H2,1-2H3. The molecule has 2 aromatic rings. The highest BCUT2D eigenvalue weighted by molar-refractivity contribution is 7.99. The molecule has 1 amide bonds. The van der Waals surface area contributed by atoms with Crippen LogP contribution in [0.2, 0.25) is 0 Å². The Balaban J connectivity index is 1.52. The van der Waals surface area contributed by atoms with Crippen molar-refractivity contribution < 1.29 is 17.9 Å². The maximum atomic E-state index is 13.8. The lowest BCUT2D eigenvalue weighted by molar-refractivity contribution is 0.0990. The third-order valence-corrected chi connectivity index (χ3v) is 8.28. The molecule has 2 aliphatic heterocycles. The molecule has 7 nitrogen and oxygen atoms in total. The molecule has 196 valence electrons. The number of thioether (sulfide) groups is 1. The molecule has 36 heavy (non-hydrogen) atoms. The first kappa shape index (κ1) is 26.8. The Kier molecular flexibility index (Phi) is 9.19. The predicted octanol–water partition coefficient (Wildman–Crippen LogP) is 5.16. The van der Waals surface area contributed by atoms with Crippen LogP contribution < -0.4 is 14.5 Å². The van der Waals surface area contributed by atoms with Crippen LogP contribution >= 0.6 is 11.8 Å². The quantitative estimate of drug-likeness (QED) is 0.319. The highest BCUT2D eigenvalue weighted by Gasteiger charge is 2.28. The van der Waals surface area contributed by atoms with Gasteiger partial charge < -0.3 is 14.5 Å². The number of nitrogens with one attached hydrogen (secondary N) is 1. The zero-order valence-corrected chi connectivity index (χ0v) is 22.9. The van der Waals surface area contributed by atoms with E-state index >= 15 is 0 Å². The van der Waals surface area contributed by atoms with Crippen molar-refractivity contribution in [2.75, 3.05) is 59.4 Å². The van der Waals surface area contributed by atoms with Gasteiger partial charge in [-0.15, -0.1) is 11.8 Å². The summed E-state index contributed by atoms with van der Waals surface area (Å²) >= 11 is 1.88. The molecule has 0 radical (unpaired) electrons. The fourth-order valence-electron chi connectivity index (χ4n) is 4.74. The summed E-state index contributed by atoms with van der Waals surface area (Å²) in [6, 6.07) is 11.7. The molecule has 2 aromatic carbocycles. The Morgan fingerprint density at radius 2 is 1.81 bits per heavy atom. The van der Waals surface area contributed by atoms with Gasteiger partial charge in [-0.3, -0.25) is 9.52 Å². The molecule has 1 fully saturated rings. The summed E-state index contributed by atoms with van der Waals surface area (Å²) in [7, 11) is -3.53. The summed E-state index contributed by atoms with van der Waals surface area (Å²) < 4.78 is 32.0. The molecular weight excluding hydrogens is 494 g/mol. The van der Waals surface area contributed by atoms with Gasteiger partial charge in [0.2, 0.25) is 10.0 Å². The van der Waals surface area contributed by atoms with E-state index < -0.39 is 10.0 Å². The number of ether oxygens (including phenoxy) is 1. The van der Waals surface area contributed by atoms with Crippen molar-refractivity contribution >= 4 is 44.8 Å². The molecule has 4 rings (SSSR count). The van der Waals surface area contributed by atoms with E-state index in [1.807, 2.05) is 30.0 Å². The van der Waals surface area contributed by atoms with Crippen LogP contribution in [0.1, 0.15) is 54.9 Å². The summed E-state index contributed by atoms with van der Waals surface area (Å²) in [6.45, 7) is 5.54. The minimum absolute atomic E-state index is 0.189. The first-order chi connectivity index (χ1) is 17.4. The van der Waals surface area contributed by atoms with E-state index in [1.165, 1.54) is 42.6 Å². The van der Waals surface area contributed by atoms with Crippen LogP contribution in [0, 0.1) is 0 Å². The number of hydrogen-bond donors (Lipinski definition) is 1. The number of benzene rings is 2. The van der Waals surface area contributed by atoms with Gasteiger partial charge in [-0.1, -0.05) is 32.6 Å². The molecule has 0 aliphatic carbocycles. The lowest BCUT2D eigenvalue weighted by Crippen LogP contribution is -2.36. The van der Waals surface area contributed by atoms with E-state index in [2.05, 4.69) is 28.7 Å². The number of rotatable bonds is 11. The van der Waals surface area contributed by atoms with Gasteiger partial charge in [0.1, 0.15) is 0 Å². The number of morpholine rings is 1. The smallest absolute Gasteiger partial charge is 0.260 e. The SMILES string of the molecule is CCCCCCCSc1ccc2c(c1)CCN2C(=O)c1cc(N2CCOCC2)ccc1NS(C)(=O)=O. The predicted molar refractivity (Wildman–Crippen MR) is 149 cm³/mol. The number of unbranched alkanes of at least 4 members (excludes halogenated alkanes) is 4. The van der Waals surface area contributed by atoms with Crippen LogP contribution in [0.3, 0.4) is 0 Å². The maximum Gasteiger partial charge on any atom is 0.260 e. The third-order valence-electron chi connectivity index (χ3n) is 6.61. The van der Waals surface area contributed by atoms with Gasteiger partial charge in [-0.2, -0.15) is 0 Å². The number of anilines is 3. The molecule has 0 aromatic heterocycles. The lowest BCUT2D eigenvalue weighted by Gasteiger charge is -2.30. The molecule has 0 bridgehead atoms. The first-order valence-electron chi connectivity index (χ1n) is 12.9. The highest BCUT2D eigenvalue weighted by atomic mass is 32.2. The zero-order valence-electron chi connectivity index (χ0n) is 21.3. The molecule has 0 spiro atoms. The molecule has 0 unspecified atom stereocenters. The number of hydrogen-bond acceptors (Lipinski definition) is 6. The van der Waals surface area contributed by atoms with Crippen molar-refractivity contribution in [1.29, 1.82) is 0 Å². The van der Waals surface area contributed by atoms with Crippen LogP contribution in [-0.4, -0.2) is 59.2 Å². The van der Waals surface area contributed by atoms with Gasteiger partial charge in [-0.05, 0) is 60.6 Å². The average Bonchev–Trinajstić information content (AvgIpc) is 3.29. The van der Waals surface area contributed by atoms with Crippen LogP contribution in [0.25, 0.3) is 0 Å². The number of amides is 1. The Labute approximate surface area is 219 Å². The second-order valence-corrected chi connectivity index (χ2v) is 12.4. The Morgan fingerprint density at radius 3 is 2.56 bits per heavy atom. The topological polar surface area (TPSA) is 79.0 Å². The third kappa shape index (κ3) is 6.95. The number of sulfonamides is 1. The summed E-state index contributed by atoms with van der Waals surface area (Å²) in [4.78, 5) is 19.0. The monoisotopic (exact) mass is 531 g/mol. The van der Waals surface area contributed by atoms with E-state index in [4.69, 9.17) is 4.74 Å². The van der Waals surface area contributed by atoms with Crippen LogP contribution in [0.15, 0.2) is 41.3 Å². The van der Waals surface area contributed by atoms with E-state index in [0.29, 0.717) is 31.0 Å². The van der Waals surface area contributed by atoms with E-state index in [-0.39, 0.29) is 5.91 Å². The molecule has 1 saturated heterocycles. The van der Waals surface area contributed by atoms with Crippen molar-refractivity contribution in [3.8, 4) is 0 Å². The highest BCUT2D eigenvalue weighted by Crippen LogP contribution is 2.35. The number of fused-ring (bicyclic) bond motifs is 1. The molecule has 2 heterocycles. The number of nitrogens with zero attached hydrogens (tertiary/aromatic N) is 2. The van der Waals surface area contributed by atoms with Gasteiger partial charge in [0.15, 0.2) is 0 Å². The molecule has 0 saturated carbocycles. The van der Waals surface area contributed by atoms with Gasteiger partial charge in [0.05, 0.1) is 30.7 Å². The van der Waals surface area contributed by atoms with Crippen molar-refractivity contribution in [1.82, 2.24) is 0 Å². The summed E-state index contributed by atoms with van der Waals surface area (Å²) in [6.07, 6.45) is 8.28. The van der Waals surface area contributed by atoms with E-state index in [9.17, 15) is 13.2 Å². The Morgan fingerprint density at radius 1 is 1.03 bits per heavy atom. The van der Waals surface area contributed by atoms with Crippen molar-refractivity contribution in [2.45, 2.75) is 50.3 Å². The van der Waals surface area contributed by atoms with Crippen molar-refractivity contribution in [3.63, 3.8) is 0 Å². The van der Waals surface area contributed by atoms with Crippen LogP contribution in [-0.2, 0) is 21.2 Å². The van der Waals surface area contributed by atoms with Crippen molar-refractivity contribution in [2.24, 2.45) is 0 Å². The Bertz CT molecular complexity index is 1160. The van der Waals surface area contributed by atoms with Gasteiger partial charge in [0, 0.05) is 35.9 Å². The second kappa shape index (κ2) is 12.3. The second-order valence-electron chi connectivity index (χ2n) is 9.46. The van der Waals surface area contributed by atoms with Crippen LogP contribution in [0.4, 0.5) is 17.1 Å². The van der Waals surface area contributed by atoms with Gasteiger partial charge in [0.25, 0.3) is 5.91 Å².